The second-order valence-corrected chi connectivity index (χ2v) is 7.40. The Morgan fingerprint density at radius 1 is 1.38 bits per heavy atom. The number of hydrogen-bond donors (Lipinski definition) is 2. The van der Waals surface area contributed by atoms with Crippen LogP contribution in [0.1, 0.15) is 5.56 Å². The third kappa shape index (κ3) is 5.51. The van der Waals surface area contributed by atoms with Gasteiger partial charge in [0.05, 0.1) is 14.8 Å². The zero-order valence-corrected chi connectivity index (χ0v) is 17.1. The number of aromatic hydroxyl groups is 1. The first-order chi connectivity index (χ1) is 11.4. The minimum absolute atomic E-state index is 0.0822. The van der Waals surface area contributed by atoms with Crippen molar-refractivity contribution in [2.75, 3.05) is 6.61 Å². The number of benzene rings is 2. The fourth-order valence-corrected chi connectivity index (χ4v) is 3.51. The zero-order chi connectivity index (χ0) is 17.7. The van der Waals surface area contributed by atoms with Crippen molar-refractivity contribution in [1.29, 1.82) is 0 Å². The number of phenols is 1. The van der Waals surface area contributed by atoms with E-state index in [1.165, 1.54) is 12.3 Å². The Bertz CT molecular complexity index is 803. The molecule has 0 radical (unpaired) electrons. The van der Waals surface area contributed by atoms with E-state index in [2.05, 4.69) is 26.5 Å². The molecule has 0 aliphatic rings. The van der Waals surface area contributed by atoms with Gasteiger partial charge in [0, 0.05) is 21.1 Å². The molecule has 1 amide bonds. The second-order valence-electron chi connectivity index (χ2n) is 4.48. The fraction of sp³-hybridized carbons (Fsp3) is 0.0667. The van der Waals surface area contributed by atoms with Gasteiger partial charge < -0.3 is 9.84 Å². The first-order valence-electron chi connectivity index (χ1n) is 6.44. The molecule has 0 spiro atoms. The van der Waals surface area contributed by atoms with E-state index in [0.29, 0.717) is 24.9 Å². The van der Waals surface area contributed by atoms with Crippen LogP contribution in [0.15, 0.2) is 39.9 Å². The lowest BCUT2D eigenvalue weighted by molar-refractivity contribution is -0.123. The van der Waals surface area contributed by atoms with Gasteiger partial charge in [-0.25, -0.2) is 5.43 Å². The third-order valence-electron chi connectivity index (χ3n) is 2.70. The van der Waals surface area contributed by atoms with Gasteiger partial charge in [-0.2, -0.15) is 5.10 Å². The van der Waals surface area contributed by atoms with Gasteiger partial charge in [0.1, 0.15) is 11.5 Å². The molecule has 126 valence electrons. The van der Waals surface area contributed by atoms with E-state index < -0.39 is 5.91 Å². The van der Waals surface area contributed by atoms with Crippen molar-refractivity contribution in [2.24, 2.45) is 5.10 Å². The lowest BCUT2D eigenvalue weighted by Crippen LogP contribution is -2.24. The number of hydrazone groups is 1. The van der Waals surface area contributed by atoms with Gasteiger partial charge in [-0.15, -0.1) is 0 Å². The van der Waals surface area contributed by atoms with Crippen molar-refractivity contribution >= 4 is 73.8 Å². The van der Waals surface area contributed by atoms with Crippen LogP contribution in [0.3, 0.4) is 0 Å². The van der Waals surface area contributed by atoms with Crippen molar-refractivity contribution < 1.29 is 14.6 Å². The number of carbonyl (C=O) groups excluding carboxylic acids is 1. The van der Waals surface area contributed by atoms with E-state index >= 15 is 0 Å². The summed E-state index contributed by atoms with van der Waals surface area (Å²) in [5.41, 5.74) is 2.77. The average Bonchev–Trinajstić information content (AvgIpc) is 2.52. The molecule has 0 fully saturated rings. The smallest absolute Gasteiger partial charge is 0.277 e. The third-order valence-corrected chi connectivity index (χ3v) is 4.53. The Morgan fingerprint density at radius 2 is 2.12 bits per heavy atom. The topological polar surface area (TPSA) is 70.9 Å². The van der Waals surface area contributed by atoms with Gasteiger partial charge in [-0.05, 0) is 46.9 Å². The first kappa shape index (κ1) is 19.3. The van der Waals surface area contributed by atoms with Gasteiger partial charge in [0.2, 0.25) is 0 Å². The molecule has 0 aromatic heterocycles. The highest BCUT2D eigenvalue weighted by Gasteiger charge is 2.07. The van der Waals surface area contributed by atoms with E-state index in [1.807, 2.05) is 22.6 Å². The van der Waals surface area contributed by atoms with Crippen molar-refractivity contribution in [3.8, 4) is 11.5 Å². The predicted molar refractivity (Wildman–Crippen MR) is 106 cm³/mol. The molecule has 0 aliphatic carbocycles. The lowest BCUT2D eigenvalue weighted by atomic mass is 10.2. The van der Waals surface area contributed by atoms with Crippen LogP contribution < -0.4 is 10.2 Å². The minimum atomic E-state index is -0.480. The van der Waals surface area contributed by atoms with Crippen LogP contribution in [0.2, 0.25) is 10.0 Å². The summed E-state index contributed by atoms with van der Waals surface area (Å²) in [5, 5.41) is 14.5. The number of nitrogens with zero attached hydrogens (tertiary/aromatic N) is 1. The number of rotatable bonds is 5. The quantitative estimate of drug-likeness (QED) is 0.329. The number of nitrogens with one attached hydrogen (secondary N) is 1. The van der Waals surface area contributed by atoms with Gasteiger partial charge in [0.25, 0.3) is 5.91 Å². The molecule has 2 aromatic rings. The van der Waals surface area contributed by atoms with Crippen LogP contribution in [-0.2, 0) is 4.79 Å². The Kier molecular flexibility index (Phi) is 7.15. The van der Waals surface area contributed by atoms with Crippen LogP contribution in [-0.4, -0.2) is 23.8 Å². The molecule has 9 heteroatoms. The summed E-state index contributed by atoms with van der Waals surface area (Å²) in [6.45, 7) is -0.278. The Balaban J connectivity index is 1.93. The van der Waals surface area contributed by atoms with Crippen molar-refractivity contribution in [3.63, 3.8) is 0 Å². The number of hydrogen-bond acceptors (Lipinski definition) is 4. The van der Waals surface area contributed by atoms with Crippen LogP contribution in [0.4, 0.5) is 0 Å². The van der Waals surface area contributed by atoms with Gasteiger partial charge in [0.15, 0.2) is 6.61 Å². The molecule has 24 heavy (non-hydrogen) atoms. The number of carbonyl (C=O) groups is 1. The van der Waals surface area contributed by atoms with Crippen molar-refractivity contribution in [3.05, 3.63) is 54.0 Å². The molecule has 0 bridgehead atoms. The van der Waals surface area contributed by atoms with Crippen LogP contribution in [0.5, 0.6) is 11.5 Å². The standard InChI is InChI=1S/C15H10BrCl2IN2O3/c16-9-3-8(15(23)12(19)4-9)6-20-21-14(22)7-24-13-5-10(17)1-2-11(13)18/h1-6,23H,7H2,(H,21,22)/b20-6+. The van der Waals surface area contributed by atoms with E-state index in [4.69, 9.17) is 27.9 Å². The van der Waals surface area contributed by atoms with E-state index in [-0.39, 0.29) is 12.4 Å². The monoisotopic (exact) mass is 542 g/mol. The minimum Gasteiger partial charge on any atom is -0.506 e. The molecular weight excluding hydrogens is 534 g/mol. The van der Waals surface area contributed by atoms with Crippen molar-refractivity contribution in [2.45, 2.75) is 0 Å². The second kappa shape index (κ2) is 8.89. The molecule has 0 atom stereocenters. The molecule has 2 aromatic carbocycles. The van der Waals surface area contributed by atoms with Gasteiger partial charge in [-0.1, -0.05) is 39.1 Å². The van der Waals surface area contributed by atoms with Crippen LogP contribution >= 0.6 is 61.7 Å². The number of halogens is 4. The highest BCUT2D eigenvalue weighted by Crippen LogP contribution is 2.28. The first-order valence-corrected chi connectivity index (χ1v) is 9.07. The molecule has 0 saturated carbocycles. The van der Waals surface area contributed by atoms with Gasteiger partial charge >= 0.3 is 0 Å². The molecule has 0 heterocycles. The maximum Gasteiger partial charge on any atom is 0.277 e. The molecule has 0 aliphatic heterocycles. The summed E-state index contributed by atoms with van der Waals surface area (Å²) in [6.07, 6.45) is 1.34. The molecule has 2 N–H and O–H groups in total. The summed E-state index contributed by atoms with van der Waals surface area (Å²) >= 11 is 17.1. The Labute approximate surface area is 170 Å². The highest BCUT2D eigenvalue weighted by molar-refractivity contribution is 14.1. The number of phenolic OH excluding ortho intramolecular Hbond substituents is 1. The summed E-state index contributed by atoms with van der Waals surface area (Å²) in [5.74, 6) is -0.0901. The van der Waals surface area contributed by atoms with E-state index in [1.54, 1.807) is 24.3 Å². The number of amides is 1. The highest BCUT2D eigenvalue weighted by atomic mass is 127. The number of ether oxygens (including phenoxy) is 1. The molecule has 2 rings (SSSR count). The largest absolute Gasteiger partial charge is 0.506 e. The van der Waals surface area contributed by atoms with Crippen LogP contribution in [0.25, 0.3) is 0 Å². The molecule has 5 nitrogen and oxygen atoms in total. The Morgan fingerprint density at radius 3 is 2.88 bits per heavy atom. The summed E-state index contributed by atoms with van der Waals surface area (Å²) in [6, 6.07) is 8.14. The van der Waals surface area contributed by atoms with E-state index in [9.17, 15) is 9.90 Å². The maximum atomic E-state index is 11.7. The SMILES string of the molecule is O=C(COc1cc(Cl)ccc1Cl)N/N=C/c1cc(Br)cc(I)c1O. The average molecular weight is 544 g/mol. The summed E-state index contributed by atoms with van der Waals surface area (Å²) < 4.78 is 6.73. The summed E-state index contributed by atoms with van der Waals surface area (Å²) in [4.78, 5) is 11.7. The normalized spacial score (nSPS) is 10.8. The molecular formula is C15H10BrCl2IN2O3. The fourth-order valence-electron chi connectivity index (χ4n) is 1.62. The molecule has 0 saturated heterocycles. The molecule has 0 unspecified atom stereocenters. The Hall–Kier alpha value is -1.03. The van der Waals surface area contributed by atoms with E-state index in [0.717, 1.165) is 4.47 Å². The lowest BCUT2D eigenvalue weighted by Gasteiger charge is -2.07. The van der Waals surface area contributed by atoms with Gasteiger partial charge in [-0.3, -0.25) is 4.79 Å². The zero-order valence-electron chi connectivity index (χ0n) is 11.9. The summed E-state index contributed by atoms with van der Waals surface area (Å²) in [7, 11) is 0. The van der Waals surface area contributed by atoms with Crippen LogP contribution in [0, 0.1) is 3.57 Å². The predicted octanol–water partition coefficient (Wildman–Crippen LogP) is 4.60. The van der Waals surface area contributed by atoms with Crippen molar-refractivity contribution in [1.82, 2.24) is 5.43 Å². The maximum absolute atomic E-state index is 11.7.